The monoisotopic (exact) mass is 495 g/mol. The maximum Gasteiger partial charge on any atom is 0.264 e. The predicted molar refractivity (Wildman–Crippen MR) is 132 cm³/mol. The number of anilines is 1. The summed E-state index contributed by atoms with van der Waals surface area (Å²) in [5.41, 5.74) is 4.25. The van der Waals surface area contributed by atoms with Crippen LogP contribution in [0.4, 0.5) is 5.69 Å². The van der Waals surface area contributed by atoms with Gasteiger partial charge in [-0.2, -0.15) is 5.10 Å². The molecule has 3 aromatic rings. The SMILES string of the molecule is CCOc1ccccc1N(CC(=O)N/N=C\c1ccc2c(c1)OCO2)S(=O)(=O)c1ccc(C)cc1. The molecule has 0 unspecified atom stereocenters. The normalized spacial score (nSPS) is 12.5. The Morgan fingerprint density at radius 1 is 1.09 bits per heavy atom. The van der Waals surface area contributed by atoms with Crippen LogP contribution in [0.5, 0.6) is 17.2 Å². The Bertz CT molecular complexity index is 1340. The van der Waals surface area contributed by atoms with Gasteiger partial charge in [-0.25, -0.2) is 13.8 Å². The smallest absolute Gasteiger partial charge is 0.264 e. The Kier molecular flexibility index (Phi) is 7.21. The van der Waals surface area contributed by atoms with Crippen LogP contribution >= 0.6 is 0 Å². The standard InChI is InChI=1S/C25H25N3O6S/c1-3-32-22-7-5-4-6-21(22)28(35(30,31)20-11-8-18(2)9-12-20)16-25(29)27-26-15-19-10-13-23-24(14-19)34-17-33-23/h4-15H,3,16-17H2,1-2H3,(H,27,29)/b26-15-. The molecule has 0 spiro atoms. The largest absolute Gasteiger partial charge is 0.492 e. The van der Waals surface area contributed by atoms with Gasteiger partial charge in [-0.05, 0) is 61.9 Å². The summed E-state index contributed by atoms with van der Waals surface area (Å²) in [6, 6.07) is 18.3. The molecule has 1 heterocycles. The van der Waals surface area contributed by atoms with Crippen LogP contribution in [0, 0.1) is 6.92 Å². The summed E-state index contributed by atoms with van der Waals surface area (Å²) in [6.45, 7) is 3.65. The fraction of sp³-hybridized carbons (Fsp3) is 0.200. The molecule has 0 aliphatic carbocycles. The summed E-state index contributed by atoms with van der Waals surface area (Å²) >= 11 is 0. The van der Waals surface area contributed by atoms with E-state index in [0.717, 1.165) is 9.87 Å². The summed E-state index contributed by atoms with van der Waals surface area (Å²) < 4.78 is 44.4. The molecule has 1 N–H and O–H groups in total. The van der Waals surface area contributed by atoms with Crippen molar-refractivity contribution in [1.82, 2.24) is 5.43 Å². The third-order valence-electron chi connectivity index (χ3n) is 5.13. The molecule has 35 heavy (non-hydrogen) atoms. The van der Waals surface area contributed by atoms with E-state index in [1.807, 2.05) is 6.92 Å². The molecule has 0 atom stereocenters. The van der Waals surface area contributed by atoms with Crippen LogP contribution in [0.3, 0.4) is 0 Å². The van der Waals surface area contributed by atoms with Crippen LogP contribution < -0.4 is 23.9 Å². The number of carbonyl (C=O) groups excluding carboxylic acids is 1. The van der Waals surface area contributed by atoms with E-state index in [2.05, 4.69) is 10.5 Å². The van der Waals surface area contributed by atoms with Gasteiger partial charge in [0.05, 0.1) is 23.4 Å². The molecule has 1 aliphatic rings. The summed E-state index contributed by atoms with van der Waals surface area (Å²) in [5, 5.41) is 3.97. The second-order valence-corrected chi connectivity index (χ2v) is 9.49. The Labute approximate surface area is 204 Å². The van der Waals surface area contributed by atoms with Gasteiger partial charge in [0.1, 0.15) is 12.3 Å². The number of carbonyl (C=O) groups is 1. The lowest BCUT2D eigenvalue weighted by molar-refractivity contribution is -0.119. The number of ether oxygens (including phenoxy) is 3. The molecule has 0 aromatic heterocycles. The van der Waals surface area contributed by atoms with E-state index in [1.54, 1.807) is 61.5 Å². The Balaban J connectivity index is 1.58. The van der Waals surface area contributed by atoms with Crippen molar-refractivity contribution in [3.05, 3.63) is 77.9 Å². The van der Waals surface area contributed by atoms with Crippen molar-refractivity contribution < 1.29 is 27.4 Å². The van der Waals surface area contributed by atoms with Crippen molar-refractivity contribution in [3.63, 3.8) is 0 Å². The molecule has 0 saturated carbocycles. The zero-order valence-electron chi connectivity index (χ0n) is 19.3. The van der Waals surface area contributed by atoms with Crippen molar-refractivity contribution in [2.24, 2.45) is 5.10 Å². The van der Waals surface area contributed by atoms with Crippen LogP contribution in [-0.2, 0) is 14.8 Å². The first-order valence-corrected chi connectivity index (χ1v) is 12.4. The van der Waals surface area contributed by atoms with E-state index >= 15 is 0 Å². The molecule has 1 amide bonds. The fourth-order valence-corrected chi connectivity index (χ4v) is 4.85. The number of rotatable bonds is 9. The maximum atomic E-state index is 13.6. The first-order chi connectivity index (χ1) is 16.9. The second-order valence-electron chi connectivity index (χ2n) is 7.63. The second kappa shape index (κ2) is 10.5. The first kappa shape index (κ1) is 24.1. The molecule has 3 aromatic carbocycles. The zero-order valence-corrected chi connectivity index (χ0v) is 20.1. The van der Waals surface area contributed by atoms with Crippen LogP contribution in [0.2, 0.25) is 0 Å². The number of nitrogens with zero attached hydrogens (tertiary/aromatic N) is 2. The van der Waals surface area contributed by atoms with Gasteiger partial charge in [-0.1, -0.05) is 29.8 Å². The summed E-state index contributed by atoms with van der Waals surface area (Å²) in [4.78, 5) is 12.9. The lowest BCUT2D eigenvalue weighted by Crippen LogP contribution is -2.39. The van der Waals surface area contributed by atoms with Crippen LogP contribution in [0.1, 0.15) is 18.1 Å². The molecule has 10 heteroatoms. The molecule has 4 rings (SSSR count). The minimum Gasteiger partial charge on any atom is -0.492 e. The molecule has 1 aliphatic heterocycles. The maximum absolute atomic E-state index is 13.6. The fourth-order valence-electron chi connectivity index (χ4n) is 3.42. The molecule has 0 fully saturated rings. The summed E-state index contributed by atoms with van der Waals surface area (Å²) in [6.07, 6.45) is 1.44. The van der Waals surface area contributed by atoms with Crippen molar-refractivity contribution in [2.45, 2.75) is 18.7 Å². The minimum absolute atomic E-state index is 0.0612. The van der Waals surface area contributed by atoms with Gasteiger partial charge in [-0.3, -0.25) is 9.10 Å². The lowest BCUT2D eigenvalue weighted by atomic mass is 10.2. The minimum atomic E-state index is -4.08. The van der Waals surface area contributed by atoms with Crippen molar-refractivity contribution in [1.29, 1.82) is 0 Å². The van der Waals surface area contributed by atoms with Crippen LogP contribution in [0.25, 0.3) is 0 Å². The van der Waals surface area contributed by atoms with E-state index in [1.165, 1.54) is 18.3 Å². The van der Waals surface area contributed by atoms with E-state index in [4.69, 9.17) is 14.2 Å². The average Bonchev–Trinajstić information content (AvgIpc) is 3.31. The molecule has 9 nitrogen and oxygen atoms in total. The van der Waals surface area contributed by atoms with Crippen molar-refractivity contribution >= 4 is 27.8 Å². The molecular weight excluding hydrogens is 470 g/mol. The number of sulfonamides is 1. The molecule has 182 valence electrons. The highest BCUT2D eigenvalue weighted by Crippen LogP contribution is 2.33. The number of hydrazone groups is 1. The number of hydrogen-bond acceptors (Lipinski definition) is 7. The Hall–Kier alpha value is -4.05. The predicted octanol–water partition coefficient (Wildman–Crippen LogP) is 3.47. The quantitative estimate of drug-likeness (QED) is 0.360. The van der Waals surface area contributed by atoms with E-state index < -0.39 is 22.5 Å². The number of para-hydroxylation sites is 2. The van der Waals surface area contributed by atoms with E-state index in [-0.39, 0.29) is 17.4 Å². The van der Waals surface area contributed by atoms with Crippen LogP contribution in [-0.4, -0.2) is 40.5 Å². The summed E-state index contributed by atoms with van der Waals surface area (Å²) in [7, 11) is -4.08. The third kappa shape index (κ3) is 5.55. The van der Waals surface area contributed by atoms with Gasteiger partial charge in [0.15, 0.2) is 11.5 Å². The van der Waals surface area contributed by atoms with Gasteiger partial charge in [0, 0.05) is 0 Å². The molecule has 0 saturated heterocycles. The van der Waals surface area contributed by atoms with Crippen LogP contribution in [0.15, 0.2) is 76.7 Å². The number of benzene rings is 3. The zero-order chi connectivity index (χ0) is 24.8. The lowest BCUT2D eigenvalue weighted by Gasteiger charge is -2.25. The first-order valence-electron chi connectivity index (χ1n) is 10.9. The summed E-state index contributed by atoms with van der Waals surface area (Å²) in [5.74, 6) is 0.950. The molecule has 0 radical (unpaired) electrons. The third-order valence-corrected chi connectivity index (χ3v) is 6.90. The number of aryl methyl sites for hydroxylation is 1. The topological polar surface area (TPSA) is 107 Å². The van der Waals surface area contributed by atoms with E-state index in [9.17, 15) is 13.2 Å². The van der Waals surface area contributed by atoms with E-state index in [0.29, 0.717) is 29.4 Å². The molecular formula is C25H25N3O6S. The Morgan fingerprint density at radius 2 is 1.83 bits per heavy atom. The van der Waals surface area contributed by atoms with Gasteiger partial charge in [-0.15, -0.1) is 0 Å². The molecule has 0 bridgehead atoms. The highest BCUT2D eigenvalue weighted by atomic mass is 32.2. The average molecular weight is 496 g/mol. The van der Waals surface area contributed by atoms with Gasteiger partial charge in [0.25, 0.3) is 15.9 Å². The number of hydrogen-bond donors (Lipinski definition) is 1. The number of fused-ring (bicyclic) bond motifs is 1. The van der Waals surface area contributed by atoms with Crippen molar-refractivity contribution in [2.75, 3.05) is 24.2 Å². The van der Waals surface area contributed by atoms with Gasteiger partial charge < -0.3 is 14.2 Å². The van der Waals surface area contributed by atoms with Crippen molar-refractivity contribution in [3.8, 4) is 17.2 Å². The highest BCUT2D eigenvalue weighted by molar-refractivity contribution is 7.92. The van der Waals surface area contributed by atoms with Gasteiger partial charge >= 0.3 is 0 Å². The Morgan fingerprint density at radius 3 is 2.60 bits per heavy atom. The number of amides is 1. The van der Waals surface area contributed by atoms with Gasteiger partial charge in [0.2, 0.25) is 6.79 Å². The number of nitrogens with one attached hydrogen (secondary N) is 1. The highest BCUT2D eigenvalue weighted by Gasteiger charge is 2.29.